The number of hydrogen-bond acceptors (Lipinski definition) is 9. The Balaban J connectivity index is 2.87. The Morgan fingerprint density at radius 1 is 0.511 bits per heavy atom. The molecule has 45 heavy (non-hydrogen) atoms. The van der Waals surface area contributed by atoms with Crippen LogP contribution in [0.1, 0.15) is 55.2 Å². The van der Waals surface area contributed by atoms with E-state index in [0.717, 1.165) is 16.7 Å². The van der Waals surface area contributed by atoms with Crippen molar-refractivity contribution in [1.82, 2.24) is 16.0 Å². The number of carbonyl (C=O) groups excluding carboxylic acids is 3. The molecule has 1 aromatic rings. The van der Waals surface area contributed by atoms with Gasteiger partial charge in [-0.15, -0.1) is 0 Å². The van der Waals surface area contributed by atoms with Crippen LogP contribution in [0.2, 0.25) is 0 Å². The number of nitrogens with two attached hydrogens (primary N) is 9. The van der Waals surface area contributed by atoms with Crippen LogP contribution in [0.25, 0.3) is 0 Å². The van der Waals surface area contributed by atoms with Gasteiger partial charge in [-0.1, -0.05) is 18.2 Å². The molecule has 0 heterocycles. The SMILES string of the molecule is NC(N)=NCCCC(N)C(=O)NCc1cc(CNC(=O)C(N)CCCN=C(N)N)cc(CNC(=O)C(N)CCCN=C(N)N)c1. The van der Waals surface area contributed by atoms with Crippen molar-refractivity contribution in [3.63, 3.8) is 0 Å². The van der Waals surface area contributed by atoms with Crippen LogP contribution < -0.4 is 67.6 Å². The summed E-state index contributed by atoms with van der Waals surface area (Å²) in [5.41, 5.74) is 52.1. The first-order valence-corrected chi connectivity index (χ1v) is 14.7. The third-order valence-electron chi connectivity index (χ3n) is 6.43. The van der Waals surface area contributed by atoms with Crippen molar-refractivity contribution in [2.45, 2.75) is 76.3 Å². The van der Waals surface area contributed by atoms with E-state index in [2.05, 4.69) is 30.9 Å². The van der Waals surface area contributed by atoms with Gasteiger partial charge in [0.05, 0.1) is 18.1 Å². The molecule has 0 aliphatic heterocycles. The van der Waals surface area contributed by atoms with Crippen LogP contribution in [0.5, 0.6) is 0 Å². The summed E-state index contributed by atoms with van der Waals surface area (Å²) < 4.78 is 0. The minimum atomic E-state index is -0.748. The average molecular weight is 634 g/mol. The highest BCUT2D eigenvalue weighted by atomic mass is 16.2. The first-order valence-electron chi connectivity index (χ1n) is 14.7. The monoisotopic (exact) mass is 633 g/mol. The van der Waals surface area contributed by atoms with Gasteiger partial charge in [-0.05, 0) is 55.2 Å². The van der Waals surface area contributed by atoms with Gasteiger partial charge in [0.25, 0.3) is 0 Å². The van der Waals surface area contributed by atoms with Gasteiger partial charge in [0, 0.05) is 39.3 Å². The summed E-state index contributed by atoms with van der Waals surface area (Å²) >= 11 is 0. The largest absolute Gasteiger partial charge is 0.370 e. The van der Waals surface area contributed by atoms with Crippen LogP contribution in [0, 0.1) is 0 Å². The maximum absolute atomic E-state index is 12.6. The predicted molar refractivity (Wildman–Crippen MR) is 176 cm³/mol. The smallest absolute Gasteiger partial charge is 0.237 e. The third kappa shape index (κ3) is 17.9. The lowest BCUT2D eigenvalue weighted by Gasteiger charge is -2.16. The van der Waals surface area contributed by atoms with Gasteiger partial charge in [-0.3, -0.25) is 29.4 Å². The predicted octanol–water partition coefficient (Wildman–Crippen LogP) is -4.32. The molecule has 0 aliphatic rings. The molecule has 0 aromatic heterocycles. The van der Waals surface area contributed by atoms with Crippen molar-refractivity contribution in [3.8, 4) is 0 Å². The maximum Gasteiger partial charge on any atom is 0.237 e. The van der Waals surface area contributed by atoms with Crippen LogP contribution in [0.4, 0.5) is 0 Å². The van der Waals surface area contributed by atoms with Crippen LogP contribution in [0.15, 0.2) is 33.2 Å². The highest BCUT2D eigenvalue weighted by molar-refractivity contribution is 5.82. The summed E-state index contributed by atoms with van der Waals surface area (Å²) in [6.45, 7) is 1.59. The summed E-state index contributed by atoms with van der Waals surface area (Å²) in [5.74, 6) is -1.09. The molecule has 0 fully saturated rings. The zero-order chi connectivity index (χ0) is 33.8. The Labute approximate surface area is 263 Å². The van der Waals surface area contributed by atoms with Crippen LogP contribution in [-0.4, -0.2) is 73.4 Å². The second kappa shape index (κ2) is 21.1. The molecule has 0 spiro atoms. The average Bonchev–Trinajstić information content (AvgIpc) is 2.99. The number of carbonyl (C=O) groups is 3. The van der Waals surface area contributed by atoms with E-state index in [1.165, 1.54) is 0 Å². The van der Waals surface area contributed by atoms with E-state index in [9.17, 15) is 14.4 Å². The highest BCUT2D eigenvalue weighted by Crippen LogP contribution is 2.12. The number of nitrogens with one attached hydrogen (secondary N) is 3. The minimum absolute atomic E-state index is 0.0225. The summed E-state index contributed by atoms with van der Waals surface area (Å²) in [7, 11) is 0. The number of rotatable bonds is 21. The molecular weight excluding hydrogens is 582 g/mol. The van der Waals surface area contributed by atoms with Crippen molar-refractivity contribution >= 4 is 35.6 Å². The molecule has 3 atom stereocenters. The number of guanidine groups is 3. The van der Waals surface area contributed by atoms with Gasteiger partial charge in [0.15, 0.2) is 17.9 Å². The van der Waals surface area contributed by atoms with Crippen molar-refractivity contribution in [2.75, 3.05) is 19.6 Å². The standard InChI is InChI=1S/C27H51N15O3/c28-19(4-1-7-37-25(31)32)22(43)40-13-16-10-17(14-41-23(44)20(29)5-2-8-38-26(33)34)12-18(11-16)15-42-24(45)21(30)6-3-9-39-27(35)36/h10-12,19-21H,1-9,13-15,28-30H2,(H,40,43)(H,41,44)(H,42,45)(H4,31,32,37)(H4,33,34,38)(H4,35,36,39). The van der Waals surface area contributed by atoms with Gasteiger partial charge in [0.2, 0.25) is 17.7 Å². The van der Waals surface area contributed by atoms with E-state index < -0.39 is 18.1 Å². The summed E-state index contributed by atoms with van der Waals surface area (Å²) in [6, 6.07) is 3.24. The lowest BCUT2D eigenvalue weighted by Crippen LogP contribution is -2.41. The Morgan fingerprint density at radius 3 is 0.978 bits per heavy atom. The summed E-state index contributed by atoms with van der Waals surface area (Å²) in [6.07, 6.45) is 2.80. The maximum atomic E-state index is 12.6. The van der Waals surface area contributed by atoms with E-state index >= 15 is 0 Å². The Morgan fingerprint density at radius 2 is 0.756 bits per heavy atom. The molecule has 3 amide bonds. The summed E-state index contributed by atoms with van der Waals surface area (Å²) in [4.78, 5) is 49.4. The number of amides is 3. The fourth-order valence-corrected chi connectivity index (χ4v) is 4.06. The molecule has 252 valence electrons. The molecule has 3 unspecified atom stereocenters. The van der Waals surface area contributed by atoms with Gasteiger partial charge >= 0.3 is 0 Å². The van der Waals surface area contributed by atoms with Crippen molar-refractivity contribution in [2.24, 2.45) is 66.6 Å². The Kier molecular flexibility index (Phi) is 18.0. The van der Waals surface area contributed by atoms with Crippen molar-refractivity contribution in [3.05, 3.63) is 34.9 Å². The number of benzene rings is 1. The quantitative estimate of drug-likeness (QED) is 0.0347. The van der Waals surface area contributed by atoms with Crippen molar-refractivity contribution in [1.29, 1.82) is 0 Å². The van der Waals surface area contributed by atoms with E-state index in [4.69, 9.17) is 51.6 Å². The molecule has 0 bridgehead atoms. The van der Waals surface area contributed by atoms with Crippen molar-refractivity contribution < 1.29 is 14.4 Å². The molecule has 21 N–H and O–H groups in total. The summed E-state index contributed by atoms with van der Waals surface area (Å²) in [5, 5.41) is 8.46. The first-order chi connectivity index (χ1) is 21.3. The topological polar surface area (TPSA) is 359 Å². The zero-order valence-electron chi connectivity index (χ0n) is 25.7. The van der Waals surface area contributed by atoms with E-state index in [1.54, 1.807) is 0 Å². The molecular formula is C27H51N15O3. The van der Waals surface area contributed by atoms with Crippen LogP contribution >= 0.6 is 0 Å². The Bertz CT molecular complexity index is 1020. The fraction of sp³-hybridized carbons (Fsp3) is 0.556. The number of nitrogens with zero attached hydrogens (tertiary/aromatic N) is 3. The van der Waals surface area contributed by atoms with Gasteiger partial charge in [0.1, 0.15) is 0 Å². The number of aliphatic imine (C=N–C) groups is 3. The molecule has 0 saturated heterocycles. The van der Waals surface area contributed by atoms with E-state index in [1.807, 2.05) is 18.2 Å². The van der Waals surface area contributed by atoms with Gasteiger partial charge in [-0.2, -0.15) is 0 Å². The molecule has 18 nitrogen and oxygen atoms in total. The first kappa shape index (κ1) is 38.3. The highest BCUT2D eigenvalue weighted by Gasteiger charge is 2.16. The fourth-order valence-electron chi connectivity index (χ4n) is 4.06. The molecule has 1 rings (SSSR count). The third-order valence-corrected chi connectivity index (χ3v) is 6.43. The second-order valence-corrected chi connectivity index (χ2v) is 10.5. The van der Waals surface area contributed by atoms with Crippen LogP contribution in [-0.2, 0) is 34.0 Å². The normalized spacial score (nSPS) is 12.6. The molecule has 0 saturated carbocycles. The van der Waals surface area contributed by atoms with Gasteiger partial charge < -0.3 is 67.6 Å². The molecule has 0 aliphatic carbocycles. The second-order valence-electron chi connectivity index (χ2n) is 10.5. The molecule has 0 radical (unpaired) electrons. The van der Waals surface area contributed by atoms with E-state index in [-0.39, 0.29) is 55.2 Å². The Hall–Kier alpha value is -4.68. The lowest BCUT2D eigenvalue weighted by atomic mass is 10.0. The minimum Gasteiger partial charge on any atom is -0.370 e. The molecule has 18 heteroatoms. The van der Waals surface area contributed by atoms with Gasteiger partial charge in [-0.25, -0.2) is 0 Å². The lowest BCUT2D eigenvalue weighted by molar-refractivity contribution is -0.123. The number of hydrogen-bond donors (Lipinski definition) is 12. The van der Waals surface area contributed by atoms with E-state index in [0.29, 0.717) is 58.2 Å². The zero-order valence-corrected chi connectivity index (χ0v) is 25.7. The van der Waals surface area contributed by atoms with Crippen LogP contribution in [0.3, 0.4) is 0 Å². The molecule has 1 aromatic carbocycles.